The first-order chi connectivity index (χ1) is 8.74. The molecule has 0 aliphatic carbocycles. The van der Waals surface area contributed by atoms with E-state index in [0.717, 1.165) is 6.42 Å². The van der Waals surface area contributed by atoms with Gasteiger partial charge >= 0.3 is 5.97 Å². The topological polar surface area (TPSA) is 74.2 Å². The molecule has 1 N–H and O–H groups in total. The molecule has 1 fully saturated rings. The Bertz CT molecular complexity index is 478. The van der Waals surface area contributed by atoms with E-state index in [1.807, 2.05) is 0 Å². The molecule has 0 radical (unpaired) electrons. The van der Waals surface area contributed by atoms with Crippen LogP contribution in [0.2, 0.25) is 0 Å². The van der Waals surface area contributed by atoms with Crippen molar-refractivity contribution in [3.8, 4) is 17.2 Å². The molecule has 1 saturated heterocycles. The number of rotatable bonds is 3. The molecule has 1 unspecified atom stereocenters. The lowest BCUT2D eigenvalue weighted by molar-refractivity contribution is 0.0687. The average molecular weight is 252 g/mol. The first kappa shape index (κ1) is 11.2. The lowest BCUT2D eigenvalue weighted by Gasteiger charge is -2.14. The Morgan fingerprint density at radius 3 is 2.78 bits per heavy atom. The van der Waals surface area contributed by atoms with E-state index in [1.165, 1.54) is 6.07 Å². The van der Waals surface area contributed by atoms with E-state index < -0.39 is 5.97 Å². The number of ether oxygens (including phenoxy) is 4. The van der Waals surface area contributed by atoms with Crippen molar-refractivity contribution in [3.63, 3.8) is 0 Å². The Hall–Kier alpha value is -1.95. The summed E-state index contributed by atoms with van der Waals surface area (Å²) < 4.78 is 21.2. The molecule has 2 aliphatic heterocycles. The van der Waals surface area contributed by atoms with Crippen LogP contribution in [0.5, 0.6) is 17.2 Å². The summed E-state index contributed by atoms with van der Waals surface area (Å²) in [7, 11) is 0. The van der Waals surface area contributed by atoms with Crippen molar-refractivity contribution >= 4 is 5.97 Å². The highest BCUT2D eigenvalue weighted by Gasteiger charge is 2.25. The number of carboxylic acids is 1. The smallest absolute Gasteiger partial charge is 0.339 e. The van der Waals surface area contributed by atoms with Crippen LogP contribution in [-0.4, -0.2) is 37.2 Å². The zero-order valence-electron chi connectivity index (χ0n) is 9.55. The van der Waals surface area contributed by atoms with Gasteiger partial charge in [-0.1, -0.05) is 0 Å². The van der Waals surface area contributed by atoms with Crippen LogP contribution < -0.4 is 14.2 Å². The summed E-state index contributed by atoms with van der Waals surface area (Å²) in [6.07, 6.45) is 0.650. The molecule has 2 aliphatic rings. The molecular weight excluding hydrogens is 240 g/mol. The number of benzene rings is 1. The fraction of sp³-hybridized carbons (Fsp3) is 0.417. The molecule has 2 heterocycles. The summed E-state index contributed by atoms with van der Waals surface area (Å²) in [4.78, 5) is 11.2. The molecule has 0 spiro atoms. The number of carboxylic acid groups (broad SMARTS) is 1. The van der Waals surface area contributed by atoms with Crippen LogP contribution >= 0.6 is 0 Å². The maximum Gasteiger partial charge on any atom is 0.339 e. The Morgan fingerprint density at radius 2 is 2.11 bits per heavy atom. The molecule has 6 heteroatoms. The van der Waals surface area contributed by atoms with E-state index in [-0.39, 0.29) is 18.5 Å². The van der Waals surface area contributed by atoms with Crippen LogP contribution in [-0.2, 0) is 4.74 Å². The molecule has 6 nitrogen and oxygen atoms in total. The summed E-state index contributed by atoms with van der Waals surface area (Å²) >= 11 is 0. The van der Waals surface area contributed by atoms with Crippen LogP contribution in [0, 0.1) is 0 Å². The number of aromatic carboxylic acids is 1. The quantitative estimate of drug-likeness (QED) is 0.873. The summed E-state index contributed by atoms with van der Waals surface area (Å²) in [6.45, 7) is 1.22. The van der Waals surface area contributed by atoms with E-state index in [2.05, 4.69) is 0 Å². The van der Waals surface area contributed by atoms with Gasteiger partial charge in [0.25, 0.3) is 0 Å². The van der Waals surface area contributed by atoms with Crippen molar-refractivity contribution in [2.75, 3.05) is 20.0 Å². The van der Waals surface area contributed by atoms with Gasteiger partial charge in [-0.05, 0) is 0 Å². The van der Waals surface area contributed by atoms with Crippen LogP contribution in [0.4, 0.5) is 0 Å². The zero-order valence-corrected chi connectivity index (χ0v) is 9.55. The molecule has 96 valence electrons. The van der Waals surface area contributed by atoms with Gasteiger partial charge in [0.1, 0.15) is 17.4 Å². The number of carbonyl (C=O) groups is 1. The number of hydrogen-bond donors (Lipinski definition) is 1. The van der Waals surface area contributed by atoms with Crippen molar-refractivity contribution in [1.29, 1.82) is 0 Å². The summed E-state index contributed by atoms with van der Waals surface area (Å²) in [5.41, 5.74) is 0.0751. The third-order valence-electron chi connectivity index (χ3n) is 2.89. The molecule has 0 amide bonds. The van der Waals surface area contributed by atoms with Gasteiger partial charge in [0.15, 0.2) is 11.5 Å². The van der Waals surface area contributed by atoms with E-state index in [1.54, 1.807) is 6.07 Å². The van der Waals surface area contributed by atoms with Gasteiger partial charge in [-0.2, -0.15) is 0 Å². The van der Waals surface area contributed by atoms with E-state index >= 15 is 0 Å². The predicted molar refractivity (Wildman–Crippen MR) is 59.4 cm³/mol. The minimum absolute atomic E-state index is 0.0751. The predicted octanol–water partition coefficient (Wildman–Crippen LogP) is 1.28. The zero-order chi connectivity index (χ0) is 12.5. The third-order valence-corrected chi connectivity index (χ3v) is 2.89. The Labute approximate surface area is 103 Å². The van der Waals surface area contributed by atoms with Crippen molar-refractivity contribution in [2.24, 2.45) is 0 Å². The second-order valence-corrected chi connectivity index (χ2v) is 4.11. The second-order valence-electron chi connectivity index (χ2n) is 4.11. The molecule has 0 aromatic heterocycles. The largest absolute Gasteiger partial charge is 0.487 e. The average Bonchev–Trinajstić information content (AvgIpc) is 2.97. The molecule has 1 aromatic rings. The van der Waals surface area contributed by atoms with Crippen LogP contribution in [0.15, 0.2) is 12.1 Å². The fourth-order valence-electron chi connectivity index (χ4n) is 1.97. The second kappa shape index (κ2) is 4.38. The third kappa shape index (κ3) is 1.95. The SMILES string of the molecule is O=C(O)c1cc2c(cc1OC1CCOC1)OCO2. The van der Waals surface area contributed by atoms with E-state index in [4.69, 9.17) is 24.1 Å². The van der Waals surface area contributed by atoms with Gasteiger partial charge in [0, 0.05) is 18.6 Å². The maximum absolute atomic E-state index is 11.2. The molecule has 1 aromatic carbocycles. The first-order valence-corrected chi connectivity index (χ1v) is 5.65. The molecule has 0 saturated carbocycles. The van der Waals surface area contributed by atoms with Gasteiger partial charge in [0.05, 0.1) is 13.2 Å². The van der Waals surface area contributed by atoms with Gasteiger partial charge < -0.3 is 24.1 Å². The van der Waals surface area contributed by atoms with Crippen LogP contribution in [0.3, 0.4) is 0 Å². The van der Waals surface area contributed by atoms with Crippen molar-refractivity contribution in [2.45, 2.75) is 12.5 Å². The van der Waals surface area contributed by atoms with E-state index in [0.29, 0.717) is 30.5 Å². The fourth-order valence-corrected chi connectivity index (χ4v) is 1.97. The molecule has 18 heavy (non-hydrogen) atoms. The molecule has 0 bridgehead atoms. The van der Waals surface area contributed by atoms with Gasteiger partial charge in [-0.25, -0.2) is 4.79 Å². The minimum Gasteiger partial charge on any atom is -0.487 e. The van der Waals surface area contributed by atoms with Crippen LogP contribution in [0.1, 0.15) is 16.8 Å². The highest BCUT2D eigenvalue weighted by Crippen LogP contribution is 2.38. The highest BCUT2D eigenvalue weighted by atomic mass is 16.7. The van der Waals surface area contributed by atoms with Gasteiger partial charge in [-0.15, -0.1) is 0 Å². The summed E-state index contributed by atoms with van der Waals surface area (Å²) in [6, 6.07) is 2.99. The lowest BCUT2D eigenvalue weighted by atomic mass is 10.1. The summed E-state index contributed by atoms with van der Waals surface area (Å²) in [5.74, 6) is 0.181. The Morgan fingerprint density at radius 1 is 1.33 bits per heavy atom. The Kier molecular flexibility index (Phi) is 2.71. The van der Waals surface area contributed by atoms with E-state index in [9.17, 15) is 4.79 Å². The van der Waals surface area contributed by atoms with Crippen LogP contribution in [0.25, 0.3) is 0 Å². The summed E-state index contributed by atoms with van der Waals surface area (Å²) in [5, 5.41) is 9.16. The molecular formula is C12H12O6. The first-order valence-electron chi connectivity index (χ1n) is 5.65. The molecule has 3 rings (SSSR count). The lowest BCUT2D eigenvalue weighted by Crippen LogP contribution is -2.17. The minimum atomic E-state index is -1.05. The number of hydrogen-bond acceptors (Lipinski definition) is 5. The van der Waals surface area contributed by atoms with Crippen molar-refractivity contribution in [1.82, 2.24) is 0 Å². The van der Waals surface area contributed by atoms with Crippen molar-refractivity contribution < 1.29 is 28.8 Å². The maximum atomic E-state index is 11.2. The molecule has 1 atom stereocenters. The highest BCUT2D eigenvalue weighted by molar-refractivity contribution is 5.92. The normalized spacial score (nSPS) is 21.0. The van der Waals surface area contributed by atoms with Crippen molar-refractivity contribution in [3.05, 3.63) is 17.7 Å². The monoisotopic (exact) mass is 252 g/mol. The van der Waals surface area contributed by atoms with Gasteiger partial charge in [0.2, 0.25) is 6.79 Å². The van der Waals surface area contributed by atoms with Gasteiger partial charge in [-0.3, -0.25) is 0 Å². The number of fused-ring (bicyclic) bond motifs is 1. The standard InChI is InChI=1S/C12H12O6/c13-12(14)8-3-10-11(17-6-16-10)4-9(8)18-7-1-2-15-5-7/h3-4,7H,1-2,5-6H2,(H,13,14). The Balaban J connectivity index is 1.92.